The van der Waals surface area contributed by atoms with Crippen LogP contribution in [0, 0.1) is 5.92 Å². The molecule has 1 atom stereocenters. The van der Waals surface area contributed by atoms with Crippen molar-refractivity contribution in [3.05, 3.63) is 71.0 Å². The van der Waals surface area contributed by atoms with Gasteiger partial charge in [-0.15, -0.1) is 0 Å². The van der Waals surface area contributed by atoms with Gasteiger partial charge in [0.2, 0.25) is 0 Å². The molecule has 1 unspecified atom stereocenters. The highest BCUT2D eigenvalue weighted by Gasteiger charge is 2.26. The Kier molecular flexibility index (Phi) is 7.21. The minimum Gasteiger partial charge on any atom is -0.451 e. The number of carbonyl (C=O) groups is 1. The number of fused-ring (bicyclic) bond motifs is 1. The second-order valence-electron chi connectivity index (χ2n) is 8.52. The lowest BCUT2D eigenvalue weighted by Crippen LogP contribution is -2.32. The molecule has 1 amide bonds. The highest BCUT2D eigenvalue weighted by atomic mass is 32.2. The monoisotopic (exact) mass is 441 g/mol. The van der Waals surface area contributed by atoms with E-state index in [9.17, 15) is 13.2 Å². The van der Waals surface area contributed by atoms with Gasteiger partial charge in [0, 0.05) is 17.2 Å². The van der Waals surface area contributed by atoms with E-state index in [0.717, 1.165) is 31.1 Å². The van der Waals surface area contributed by atoms with Gasteiger partial charge in [0.15, 0.2) is 15.6 Å². The van der Waals surface area contributed by atoms with Crippen molar-refractivity contribution in [2.75, 3.05) is 6.26 Å². The van der Waals surface area contributed by atoms with E-state index in [0.29, 0.717) is 16.5 Å². The van der Waals surface area contributed by atoms with Crippen LogP contribution in [0.5, 0.6) is 0 Å². The number of benzene rings is 2. The number of rotatable bonds is 9. The third kappa shape index (κ3) is 5.76. The zero-order chi connectivity index (χ0) is 22.6. The molecule has 1 heterocycles. The first kappa shape index (κ1) is 23.1. The molecule has 0 aliphatic rings. The molecular weight excluding hydrogens is 410 g/mol. The van der Waals surface area contributed by atoms with Gasteiger partial charge in [-0.25, -0.2) is 8.42 Å². The smallest absolute Gasteiger partial charge is 0.287 e. The number of amides is 1. The van der Waals surface area contributed by atoms with Crippen molar-refractivity contribution in [3.8, 4) is 0 Å². The van der Waals surface area contributed by atoms with Crippen LogP contribution < -0.4 is 5.32 Å². The standard InChI is InChI=1S/C25H31NO4S/c1-5-6-9-18-12-14-19(15-13-18)23(17(2)3)26-25(27)24-21(16-31(4,28)29)20-10-7-8-11-22(20)30-24/h7-8,10-15,17,23H,5-6,9,16H2,1-4H3,(H,26,27). The molecule has 0 saturated carbocycles. The zero-order valence-corrected chi connectivity index (χ0v) is 19.5. The molecule has 0 aliphatic heterocycles. The molecular formula is C25H31NO4S. The second kappa shape index (κ2) is 9.69. The van der Waals surface area contributed by atoms with Crippen LogP contribution in [0.15, 0.2) is 52.9 Å². The van der Waals surface area contributed by atoms with Crippen molar-refractivity contribution in [3.63, 3.8) is 0 Å². The number of unbranched alkanes of at least 4 members (excludes halogenated alkanes) is 1. The maximum absolute atomic E-state index is 13.2. The Hall–Kier alpha value is -2.60. The summed E-state index contributed by atoms with van der Waals surface area (Å²) in [6.07, 6.45) is 4.51. The lowest BCUT2D eigenvalue weighted by atomic mass is 9.94. The molecule has 1 N–H and O–H groups in total. The summed E-state index contributed by atoms with van der Waals surface area (Å²) in [5, 5.41) is 3.72. The van der Waals surface area contributed by atoms with Gasteiger partial charge in [-0.1, -0.05) is 69.7 Å². The van der Waals surface area contributed by atoms with Crippen molar-refractivity contribution >= 4 is 26.7 Å². The van der Waals surface area contributed by atoms with Gasteiger partial charge in [-0.3, -0.25) is 4.79 Å². The molecule has 0 aliphatic carbocycles. The Morgan fingerprint density at radius 1 is 1.06 bits per heavy atom. The van der Waals surface area contributed by atoms with Crippen molar-refractivity contribution < 1.29 is 17.6 Å². The molecule has 3 aromatic rings. The number of hydrogen-bond acceptors (Lipinski definition) is 4. The molecule has 0 fully saturated rings. The first-order chi connectivity index (χ1) is 14.7. The predicted molar refractivity (Wildman–Crippen MR) is 125 cm³/mol. The van der Waals surface area contributed by atoms with E-state index >= 15 is 0 Å². The van der Waals surface area contributed by atoms with E-state index in [1.807, 2.05) is 19.9 Å². The highest BCUT2D eigenvalue weighted by Crippen LogP contribution is 2.29. The number of sulfone groups is 1. The van der Waals surface area contributed by atoms with Crippen LogP contribution in [0.3, 0.4) is 0 Å². The van der Waals surface area contributed by atoms with Gasteiger partial charge in [0.1, 0.15) is 5.58 Å². The molecule has 0 radical (unpaired) electrons. The summed E-state index contributed by atoms with van der Waals surface area (Å²) in [4.78, 5) is 13.2. The van der Waals surface area contributed by atoms with Gasteiger partial charge < -0.3 is 9.73 Å². The average Bonchev–Trinajstić information content (AvgIpc) is 3.07. The summed E-state index contributed by atoms with van der Waals surface area (Å²) in [6.45, 7) is 6.27. The van der Waals surface area contributed by atoms with Gasteiger partial charge >= 0.3 is 0 Å². The van der Waals surface area contributed by atoms with Crippen LogP contribution >= 0.6 is 0 Å². The van der Waals surface area contributed by atoms with Crippen molar-refractivity contribution in [2.24, 2.45) is 5.92 Å². The maximum atomic E-state index is 13.2. The number of furan rings is 1. The molecule has 3 rings (SSSR count). The average molecular weight is 442 g/mol. The lowest BCUT2D eigenvalue weighted by Gasteiger charge is -2.23. The molecule has 6 heteroatoms. The second-order valence-corrected chi connectivity index (χ2v) is 10.7. The minimum atomic E-state index is -3.34. The fourth-order valence-corrected chi connectivity index (χ4v) is 4.61. The number of para-hydroxylation sites is 1. The van der Waals surface area contributed by atoms with Crippen LogP contribution in [-0.2, 0) is 22.0 Å². The fourth-order valence-electron chi connectivity index (χ4n) is 3.80. The summed E-state index contributed by atoms with van der Waals surface area (Å²) < 4.78 is 29.8. The van der Waals surface area contributed by atoms with Crippen LogP contribution in [0.25, 0.3) is 11.0 Å². The van der Waals surface area contributed by atoms with E-state index in [1.54, 1.807) is 18.2 Å². The molecule has 5 nitrogen and oxygen atoms in total. The summed E-state index contributed by atoms with van der Waals surface area (Å²) in [5.41, 5.74) is 3.22. The van der Waals surface area contributed by atoms with E-state index in [2.05, 4.69) is 36.5 Å². The SMILES string of the molecule is CCCCc1ccc(C(NC(=O)c2oc3ccccc3c2CS(C)(=O)=O)C(C)C)cc1. The highest BCUT2D eigenvalue weighted by molar-refractivity contribution is 7.89. The predicted octanol–water partition coefficient (Wildman–Crippen LogP) is 5.45. The molecule has 2 aromatic carbocycles. The fraction of sp³-hybridized carbons (Fsp3) is 0.400. The molecule has 31 heavy (non-hydrogen) atoms. The minimum absolute atomic E-state index is 0.0665. The van der Waals surface area contributed by atoms with Crippen molar-refractivity contribution in [1.29, 1.82) is 0 Å². The topological polar surface area (TPSA) is 76.4 Å². The van der Waals surface area contributed by atoms with E-state index in [-0.39, 0.29) is 23.5 Å². The van der Waals surface area contributed by atoms with Crippen LogP contribution in [-0.4, -0.2) is 20.6 Å². The van der Waals surface area contributed by atoms with Gasteiger partial charge in [0.25, 0.3) is 5.91 Å². The molecule has 0 saturated heterocycles. The normalized spacial score (nSPS) is 12.9. The third-order valence-corrected chi connectivity index (χ3v) is 6.24. The summed E-state index contributed by atoms with van der Waals surface area (Å²) in [5.74, 6) is -0.431. The van der Waals surface area contributed by atoms with Gasteiger partial charge in [-0.2, -0.15) is 0 Å². The van der Waals surface area contributed by atoms with Crippen LogP contribution in [0.4, 0.5) is 0 Å². The first-order valence-electron chi connectivity index (χ1n) is 10.8. The van der Waals surface area contributed by atoms with Crippen molar-refractivity contribution in [2.45, 2.75) is 51.8 Å². The molecule has 0 spiro atoms. The summed E-state index contributed by atoms with van der Waals surface area (Å²) >= 11 is 0. The Morgan fingerprint density at radius 3 is 2.35 bits per heavy atom. The third-order valence-electron chi connectivity index (χ3n) is 5.42. The maximum Gasteiger partial charge on any atom is 0.287 e. The lowest BCUT2D eigenvalue weighted by molar-refractivity contribution is 0.0898. The molecule has 1 aromatic heterocycles. The number of hydrogen-bond donors (Lipinski definition) is 1. The van der Waals surface area contributed by atoms with Crippen LogP contribution in [0.1, 0.15) is 66.9 Å². The van der Waals surface area contributed by atoms with E-state index in [4.69, 9.17) is 4.42 Å². The Balaban J connectivity index is 1.91. The van der Waals surface area contributed by atoms with E-state index < -0.39 is 15.7 Å². The zero-order valence-electron chi connectivity index (χ0n) is 18.6. The Morgan fingerprint density at radius 2 is 1.74 bits per heavy atom. The van der Waals surface area contributed by atoms with Gasteiger partial charge in [0.05, 0.1) is 11.8 Å². The Labute approximate surface area is 184 Å². The van der Waals surface area contributed by atoms with Gasteiger partial charge in [-0.05, 0) is 36.0 Å². The largest absolute Gasteiger partial charge is 0.451 e. The van der Waals surface area contributed by atoms with E-state index in [1.165, 1.54) is 5.56 Å². The molecule has 0 bridgehead atoms. The summed E-state index contributed by atoms with van der Waals surface area (Å²) in [7, 11) is -3.34. The Bertz CT molecular complexity index is 1140. The number of carbonyl (C=O) groups excluding carboxylic acids is 1. The summed E-state index contributed by atoms with van der Waals surface area (Å²) in [6, 6.07) is 15.3. The quantitative estimate of drug-likeness (QED) is 0.479. The van der Waals surface area contributed by atoms with Crippen molar-refractivity contribution in [1.82, 2.24) is 5.32 Å². The first-order valence-corrected chi connectivity index (χ1v) is 12.8. The number of aryl methyl sites for hydroxylation is 1. The molecule has 166 valence electrons. The number of nitrogens with one attached hydrogen (secondary N) is 1. The van der Waals surface area contributed by atoms with Crippen LogP contribution in [0.2, 0.25) is 0 Å².